The molecule has 1 fully saturated rings. The molecule has 1 aromatic carbocycles. The minimum Gasteiger partial charge on any atom is -0.351 e. The molecule has 2 N–H and O–H groups in total. The molecule has 0 spiro atoms. The first-order valence-corrected chi connectivity index (χ1v) is 9.61. The van der Waals surface area contributed by atoms with Gasteiger partial charge in [-0.2, -0.15) is 0 Å². The molecule has 1 aliphatic rings. The Hall–Kier alpha value is -1.53. The summed E-state index contributed by atoms with van der Waals surface area (Å²) < 4.78 is 0. The molecule has 1 amide bonds. The number of carbonyl (C=O) groups is 1. The van der Waals surface area contributed by atoms with Crippen molar-refractivity contribution >= 4 is 29.3 Å². The predicted octanol–water partition coefficient (Wildman–Crippen LogP) is 3.60. The summed E-state index contributed by atoms with van der Waals surface area (Å²) in [7, 11) is 0. The molecular formula is C17H21ClN4OS. The van der Waals surface area contributed by atoms with Gasteiger partial charge in [0, 0.05) is 18.0 Å². The zero-order valence-corrected chi connectivity index (χ0v) is 15.0. The monoisotopic (exact) mass is 364 g/mol. The fourth-order valence-corrected chi connectivity index (χ4v) is 3.79. The Morgan fingerprint density at radius 2 is 2.12 bits per heavy atom. The summed E-state index contributed by atoms with van der Waals surface area (Å²) in [4.78, 5) is 16.4. The van der Waals surface area contributed by atoms with E-state index < -0.39 is 0 Å². The maximum absolute atomic E-state index is 11.9. The van der Waals surface area contributed by atoms with E-state index >= 15 is 0 Å². The number of rotatable bonds is 7. The Labute approximate surface area is 151 Å². The topological polar surface area (TPSA) is 70.7 Å². The number of nitrogens with zero attached hydrogens (tertiary/aromatic N) is 2. The lowest BCUT2D eigenvalue weighted by atomic mass is 10.0. The minimum atomic E-state index is -0.0536. The number of halogens is 1. The van der Waals surface area contributed by atoms with Crippen molar-refractivity contribution in [1.82, 2.24) is 20.5 Å². The summed E-state index contributed by atoms with van der Waals surface area (Å²) in [5.41, 5.74) is 0.911. The van der Waals surface area contributed by atoms with Crippen molar-refractivity contribution in [3.8, 4) is 0 Å². The van der Waals surface area contributed by atoms with E-state index in [4.69, 9.17) is 11.6 Å². The lowest BCUT2D eigenvalue weighted by Crippen LogP contribution is -2.24. The van der Waals surface area contributed by atoms with Gasteiger partial charge < -0.3 is 5.32 Å². The Bertz CT molecular complexity index is 685. The van der Waals surface area contributed by atoms with Crippen LogP contribution in [0.2, 0.25) is 5.02 Å². The SMILES string of the molecule is O=C(CSc1n[nH]c(CC2CCCC2)n1)NCc1ccccc1Cl. The molecular weight excluding hydrogens is 344 g/mol. The molecule has 0 bridgehead atoms. The number of hydrogen-bond acceptors (Lipinski definition) is 4. The molecule has 0 saturated heterocycles. The van der Waals surface area contributed by atoms with Crippen LogP contribution in [0.1, 0.15) is 37.1 Å². The predicted molar refractivity (Wildman–Crippen MR) is 96.1 cm³/mol. The van der Waals surface area contributed by atoms with Crippen LogP contribution >= 0.6 is 23.4 Å². The smallest absolute Gasteiger partial charge is 0.230 e. The average Bonchev–Trinajstić information content (AvgIpc) is 3.24. The molecule has 1 heterocycles. The number of aromatic nitrogens is 3. The number of aromatic amines is 1. The number of hydrogen-bond donors (Lipinski definition) is 2. The van der Waals surface area contributed by atoms with Crippen molar-refractivity contribution in [3.05, 3.63) is 40.7 Å². The van der Waals surface area contributed by atoms with Gasteiger partial charge in [0.05, 0.1) is 5.75 Å². The molecule has 0 unspecified atom stereocenters. The number of amides is 1. The Morgan fingerprint density at radius 1 is 1.33 bits per heavy atom. The number of carbonyl (C=O) groups excluding carboxylic acids is 1. The normalized spacial score (nSPS) is 14.9. The van der Waals surface area contributed by atoms with Gasteiger partial charge in [-0.1, -0.05) is 67.2 Å². The van der Waals surface area contributed by atoms with Crippen molar-refractivity contribution < 1.29 is 4.79 Å². The van der Waals surface area contributed by atoms with E-state index in [-0.39, 0.29) is 5.91 Å². The van der Waals surface area contributed by atoms with Gasteiger partial charge in [0.1, 0.15) is 5.82 Å². The van der Waals surface area contributed by atoms with Gasteiger partial charge >= 0.3 is 0 Å². The third kappa shape index (κ3) is 4.98. The third-order valence-corrected chi connectivity index (χ3v) is 5.45. The maximum atomic E-state index is 11.9. The van der Waals surface area contributed by atoms with E-state index in [1.165, 1.54) is 37.4 Å². The van der Waals surface area contributed by atoms with Crippen LogP contribution in [0.3, 0.4) is 0 Å². The summed E-state index contributed by atoms with van der Waals surface area (Å²) in [5, 5.41) is 11.3. The Kier molecular flexibility index (Phi) is 6.15. The van der Waals surface area contributed by atoms with E-state index in [1.807, 2.05) is 24.3 Å². The van der Waals surface area contributed by atoms with Crippen LogP contribution in [0.4, 0.5) is 0 Å². The van der Waals surface area contributed by atoms with Crippen LogP contribution in [0.25, 0.3) is 0 Å². The summed E-state index contributed by atoms with van der Waals surface area (Å²) in [6.45, 7) is 0.431. The highest BCUT2D eigenvalue weighted by molar-refractivity contribution is 7.99. The first-order valence-electron chi connectivity index (χ1n) is 8.25. The van der Waals surface area contributed by atoms with Gasteiger partial charge in [-0.25, -0.2) is 4.98 Å². The van der Waals surface area contributed by atoms with E-state index in [0.717, 1.165) is 23.7 Å². The maximum Gasteiger partial charge on any atom is 0.230 e. The molecule has 1 saturated carbocycles. The van der Waals surface area contributed by atoms with E-state index in [2.05, 4.69) is 20.5 Å². The highest BCUT2D eigenvalue weighted by atomic mass is 35.5. The highest BCUT2D eigenvalue weighted by Crippen LogP contribution is 2.27. The average molecular weight is 365 g/mol. The van der Waals surface area contributed by atoms with E-state index in [9.17, 15) is 4.79 Å². The van der Waals surface area contributed by atoms with Gasteiger partial charge in [0.25, 0.3) is 0 Å². The minimum absolute atomic E-state index is 0.0536. The summed E-state index contributed by atoms with van der Waals surface area (Å²) in [6.07, 6.45) is 6.19. The second kappa shape index (κ2) is 8.53. The number of thioether (sulfide) groups is 1. The fourth-order valence-electron chi connectivity index (χ4n) is 2.94. The van der Waals surface area contributed by atoms with Crippen molar-refractivity contribution in [3.63, 3.8) is 0 Å². The summed E-state index contributed by atoms with van der Waals surface area (Å²) >= 11 is 7.42. The van der Waals surface area contributed by atoms with Crippen molar-refractivity contribution in [2.24, 2.45) is 5.92 Å². The van der Waals surface area contributed by atoms with E-state index in [1.54, 1.807) is 0 Å². The second-order valence-electron chi connectivity index (χ2n) is 6.08. The molecule has 2 aromatic rings. The van der Waals surface area contributed by atoms with Crippen LogP contribution in [0.5, 0.6) is 0 Å². The van der Waals surface area contributed by atoms with Crippen molar-refractivity contribution in [1.29, 1.82) is 0 Å². The molecule has 0 radical (unpaired) electrons. The zero-order valence-electron chi connectivity index (χ0n) is 13.4. The summed E-state index contributed by atoms with van der Waals surface area (Å²) in [5.74, 6) is 1.91. The van der Waals surface area contributed by atoms with Crippen LogP contribution in [-0.4, -0.2) is 26.8 Å². The zero-order chi connectivity index (χ0) is 16.8. The molecule has 1 aromatic heterocycles. The fraction of sp³-hybridized carbons (Fsp3) is 0.471. The van der Waals surface area contributed by atoms with Gasteiger partial charge in [-0.05, 0) is 17.5 Å². The first kappa shape index (κ1) is 17.3. The van der Waals surface area contributed by atoms with Crippen LogP contribution < -0.4 is 5.32 Å². The van der Waals surface area contributed by atoms with Gasteiger partial charge in [-0.3, -0.25) is 9.89 Å². The van der Waals surface area contributed by atoms with Gasteiger partial charge in [0.15, 0.2) is 0 Å². The van der Waals surface area contributed by atoms with Gasteiger partial charge in [-0.15, -0.1) is 5.10 Å². The standard InChI is InChI=1S/C17H21ClN4OS/c18-14-8-4-3-7-13(14)10-19-16(23)11-24-17-20-15(21-22-17)9-12-5-1-2-6-12/h3-4,7-8,12H,1-2,5-6,9-11H2,(H,19,23)(H,20,21,22). The Balaban J connectivity index is 1.41. The van der Waals surface area contributed by atoms with Crippen LogP contribution in [-0.2, 0) is 17.8 Å². The highest BCUT2D eigenvalue weighted by Gasteiger charge is 2.17. The van der Waals surface area contributed by atoms with Gasteiger partial charge in [0.2, 0.25) is 11.1 Å². The molecule has 1 aliphatic carbocycles. The first-order chi connectivity index (χ1) is 11.7. The Morgan fingerprint density at radius 3 is 2.92 bits per heavy atom. The lowest BCUT2D eigenvalue weighted by Gasteiger charge is -2.06. The molecule has 24 heavy (non-hydrogen) atoms. The van der Waals surface area contributed by atoms with Crippen molar-refractivity contribution in [2.45, 2.75) is 43.8 Å². The van der Waals surface area contributed by atoms with Crippen LogP contribution in [0, 0.1) is 5.92 Å². The molecule has 0 aliphatic heterocycles. The third-order valence-electron chi connectivity index (χ3n) is 4.23. The quantitative estimate of drug-likeness (QED) is 0.736. The molecule has 7 heteroatoms. The van der Waals surface area contributed by atoms with Crippen LogP contribution in [0.15, 0.2) is 29.4 Å². The number of nitrogens with one attached hydrogen (secondary N) is 2. The lowest BCUT2D eigenvalue weighted by molar-refractivity contribution is -0.118. The molecule has 3 rings (SSSR count). The number of benzene rings is 1. The molecule has 5 nitrogen and oxygen atoms in total. The largest absolute Gasteiger partial charge is 0.351 e. The van der Waals surface area contributed by atoms with Crippen molar-refractivity contribution in [2.75, 3.05) is 5.75 Å². The summed E-state index contributed by atoms with van der Waals surface area (Å²) in [6, 6.07) is 7.50. The molecule has 128 valence electrons. The van der Waals surface area contributed by atoms with E-state index in [0.29, 0.717) is 22.5 Å². The molecule has 0 atom stereocenters. The number of H-pyrrole nitrogens is 1. The second-order valence-corrected chi connectivity index (χ2v) is 7.43.